The maximum absolute atomic E-state index is 9.56. The first-order chi connectivity index (χ1) is 11.8. The number of para-hydroxylation sites is 1. The van der Waals surface area contributed by atoms with Gasteiger partial charge in [-0.1, -0.05) is 78.9 Å². The van der Waals surface area contributed by atoms with Crippen LogP contribution in [-0.2, 0) is 0 Å². The summed E-state index contributed by atoms with van der Waals surface area (Å²) in [5, 5.41) is 13.3. The maximum Gasteiger partial charge on any atom is 0.127 e. The van der Waals surface area contributed by atoms with Gasteiger partial charge in [0.25, 0.3) is 0 Å². The Bertz CT molecular complexity index is 718. The van der Waals surface area contributed by atoms with Gasteiger partial charge in [0.15, 0.2) is 0 Å². The minimum Gasteiger partial charge on any atom is -0.490 e. The van der Waals surface area contributed by atoms with Crippen molar-refractivity contribution in [2.24, 2.45) is 0 Å². The Labute approximate surface area is 144 Å². The molecule has 0 aliphatic carbocycles. The Morgan fingerprint density at radius 3 is 1.83 bits per heavy atom. The third-order valence-electron chi connectivity index (χ3n) is 3.61. The molecule has 0 bridgehead atoms. The number of benzene rings is 3. The van der Waals surface area contributed by atoms with E-state index in [0.29, 0.717) is 6.61 Å². The van der Waals surface area contributed by atoms with Crippen LogP contribution >= 0.6 is 7.92 Å². The molecule has 3 heteroatoms. The zero-order chi connectivity index (χ0) is 16.8. The first-order valence-corrected chi connectivity index (χ1v) is 9.40. The van der Waals surface area contributed by atoms with Gasteiger partial charge in [-0.3, -0.25) is 0 Å². The molecule has 0 heterocycles. The molecule has 3 aromatic rings. The smallest absolute Gasteiger partial charge is 0.127 e. The molecule has 3 aromatic carbocycles. The van der Waals surface area contributed by atoms with Crippen molar-refractivity contribution in [2.75, 3.05) is 6.61 Å². The van der Waals surface area contributed by atoms with Crippen molar-refractivity contribution in [3.05, 3.63) is 84.9 Å². The Morgan fingerprint density at radius 1 is 0.792 bits per heavy atom. The van der Waals surface area contributed by atoms with Crippen molar-refractivity contribution in [3.63, 3.8) is 0 Å². The van der Waals surface area contributed by atoms with Crippen molar-refractivity contribution in [1.82, 2.24) is 0 Å². The van der Waals surface area contributed by atoms with Gasteiger partial charge in [-0.05, 0) is 31.5 Å². The maximum atomic E-state index is 9.56. The summed E-state index contributed by atoms with van der Waals surface area (Å²) in [6, 6.07) is 29.2. The molecule has 0 radical (unpaired) electrons. The molecule has 0 aliphatic rings. The monoisotopic (exact) mass is 336 g/mol. The summed E-state index contributed by atoms with van der Waals surface area (Å²) in [7, 11) is -0.704. The largest absolute Gasteiger partial charge is 0.490 e. The van der Waals surface area contributed by atoms with E-state index in [1.807, 2.05) is 30.3 Å². The van der Waals surface area contributed by atoms with Crippen LogP contribution in [-0.4, -0.2) is 17.8 Å². The van der Waals surface area contributed by atoms with Crippen LogP contribution in [0.15, 0.2) is 84.9 Å². The van der Waals surface area contributed by atoms with Crippen LogP contribution in [0.2, 0.25) is 0 Å². The predicted octanol–water partition coefficient (Wildman–Crippen LogP) is 3.20. The van der Waals surface area contributed by atoms with Crippen molar-refractivity contribution in [1.29, 1.82) is 0 Å². The second-order valence-electron chi connectivity index (χ2n) is 5.63. The molecule has 24 heavy (non-hydrogen) atoms. The number of hydrogen-bond donors (Lipinski definition) is 1. The van der Waals surface area contributed by atoms with Crippen LogP contribution in [0, 0.1) is 0 Å². The summed E-state index contributed by atoms with van der Waals surface area (Å²) in [4.78, 5) is 0. The van der Waals surface area contributed by atoms with E-state index in [-0.39, 0.29) is 0 Å². The highest BCUT2D eigenvalue weighted by Gasteiger charge is 2.20. The van der Waals surface area contributed by atoms with Crippen molar-refractivity contribution < 1.29 is 9.84 Å². The SMILES string of the molecule is C[C@@H](O)COc1ccccc1P(c1ccccc1)c1ccccc1. The fourth-order valence-electron chi connectivity index (χ4n) is 2.56. The van der Waals surface area contributed by atoms with Gasteiger partial charge in [-0.2, -0.15) is 0 Å². The van der Waals surface area contributed by atoms with Gasteiger partial charge in [0.05, 0.1) is 6.10 Å². The highest BCUT2D eigenvalue weighted by Crippen LogP contribution is 2.36. The normalized spacial score (nSPS) is 12.1. The minimum atomic E-state index is -0.704. The fraction of sp³-hybridized carbons (Fsp3) is 0.143. The summed E-state index contributed by atoms with van der Waals surface area (Å²) < 4.78 is 5.89. The zero-order valence-corrected chi connectivity index (χ0v) is 14.6. The number of rotatable bonds is 6. The second-order valence-corrected chi connectivity index (χ2v) is 7.82. The fourth-order valence-corrected chi connectivity index (χ4v) is 4.95. The number of aliphatic hydroxyl groups excluding tert-OH is 1. The lowest BCUT2D eigenvalue weighted by Gasteiger charge is -2.22. The van der Waals surface area contributed by atoms with Gasteiger partial charge < -0.3 is 9.84 Å². The number of hydrogen-bond acceptors (Lipinski definition) is 2. The second kappa shape index (κ2) is 8.10. The first kappa shape index (κ1) is 16.7. The Morgan fingerprint density at radius 2 is 1.29 bits per heavy atom. The molecular weight excluding hydrogens is 315 g/mol. The van der Waals surface area contributed by atoms with Gasteiger partial charge in [-0.25, -0.2) is 0 Å². The highest BCUT2D eigenvalue weighted by atomic mass is 31.1. The van der Waals surface area contributed by atoms with Crippen LogP contribution in [0.3, 0.4) is 0 Å². The van der Waals surface area contributed by atoms with Crippen LogP contribution in [0.1, 0.15) is 6.92 Å². The molecular formula is C21H21O2P. The first-order valence-electron chi connectivity index (χ1n) is 8.06. The summed E-state index contributed by atoms with van der Waals surface area (Å²) in [6.45, 7) is 2.03. The van der Waals surface area contributed by atoms with E-state index in [0.717, 1.165) is 5.75 Å². The molecule has 0 fully saturated rings. The molecule has 0 saturated carbocycles. The van der Waals surface area contributed by atoms with E-state index in [1.165, 1.54) is 15.9 Å². The van der Waals surface area contributed by atoms with Crippen molar-refractivity contribution in [3.8, 4) is 5.75 Å². The lowest BCUT2D eigenvalue weighted by molar-refractivity contribution is 0.123. The van der Waals surface area contributed by atoms with Gasteiger partial charge in [-0.15, -0.1) is 0 Å². The third kappa shape index (κ3) is 4.03. The van der Waals surface area contributed by atoms with E-state index in [9.17, 15) is 5.11 Å². The lowest BCUT2D eigenvalue weighted by atomic mass is 10.3. The zero-order valence-electron chi connectivity index (χ0n) is 13.7. The van der Waals surface area contributed by atoms with Crippen LogP contribution in [0.25, 0.3) is 0 Å². The van der Waals surface area contributed by atoms with Gasteiger partial charge >= 0.3 is 0 Å². The van der Waals surface area contributed by atoms with Crippen LogP contribution in [0.5, 0.6) is 5.75 Å². The van der Waals surface area contributed by atoms with E-state index in [4.69, 9.17) is 4.74 Å². The van der Waals surface area contributed by atoms with Crippen molar-refractivity contribution >= 4 is 23.8 Å². The molecule has 0 unspecified atom stereocenters. The van der Waals surface area contributed by atoms with Gasteiger partial charge in [0.2, 0.25) is 0 Å². The van der Waals surface area contributed by atoms with Crippen LogP contribution < -0.4 is 20.7 Å². The molecule has 0 spiro atoms. The Balaban J connectivity index is 2.07. The third-order valence-corrected chi connectivity index (χ3v) is 6.10. The predicted molar refractivity (Wildman–Crippen MR) is 102 cm³/mol. The van der Waals surface area contributed by atoms with Gasteiger partial charge in [0.1, 0.15) is 12.4 Å². The molecule has 0 aromatic heterocycles. The van der Waals surface area contributed by atoms with E-state index in [1.54, 1.807) is 6.92 Å². The van der Waals surface area contributed by atoms with E-state index in [2.05, 4.69) is 54.6 Å². The van der Waals surface area contributed by atoms with Crippen molar-refractivity contribution in [2.45, 2.75) is 13.0 Å². The Hall–Kier alpha value is -2.15. The quantitative estimate of drug-likeness (QED) is 0.701. The molecule has 1 atom stereocenters. The van der Waals surface area contributed by atoms with E-state index >= 15 is 0 Å². The molecule has 3 rings (SSSR count). The Kier molecular flexibility index (Phi) is 5.63. The highest BCUT2D eigenvalue weighted by molar-refractivity contribution is 7.80. The molecule has 0 amide bonds. The standard InChI is InChI=1S/C21H21O2P/c1-17(22)16-23-20-14-8-9-15-21(20)24(18-10-4-2-5-11-18)19-12-6-3-7-13-19/h2-15,17,22H,16H2,1H3/t17-/m1/s1. The topological polar surface area (TPSA) is 29.5 Å². The number of aliphatic hydroxyl groups is 1. The minimum absolute atomic E-state index is 0.295. The summed E-state index contributed by atoms with van der Waals surface area (Å²) in [5.74, 6) is 0.845. The average molecular weight is 336 g/mol. The summed E-state index contributed by atoms with van der Waals surface area (Å²) >= 11 is 0. The molecule has 122 valence electrons. The lowest BCUT2D eigenvalue weighted by Crippen LogP contribution is -2.23. The molecule has 0 aliphatic heterocycles. The van der Waals surface area contributed by atoms with E-state index < -0.39 is 14.0 Å². The summed E-state index contributed by atoms with van der Waals surface area (Å²) in [5.41, 5.74) is 0. The van der Waals surface area contributed by atoms with Gasteiger partial charge in [0, 0.05) is 5.30 Å². The molecule has 2 nitrogen and oxygen atoms in total. The summed E-state index contributed by atoms with van der Waals surface area (Å²) in [6.07, 6.45) is -0.488. The number of ether oxygens (including phenoxy) is 1. The average Bonchev–Trinajstić information content (AvgIpc) is 2.63. The van der Waals surface area contributed by atoms with Crippen LogP contribution in [0.4, 0.5) is 0 Å². The molecule has 0 saturated heterocycles. The molecule has 1 N–H and O–H groups in total.